The minimum Gasteiger partial charge on any atom is -0.335 e. The highest BCUT2D eigenvalue weighted by Gasteiger charge is 2.17. The largest absolute Gasteiger partial charge is 0.335 e. The molecule has 0 atom stereocenters. The van der Waals surface area contributed by atoms with Crippen LogP contribution in [-0.2, 0) is 0 Å². The summed E-state index contributed by atoms with van der Waals surface area (Å²) >= 11 is 1.67. The van der Waals surface area contributed by atoms with Crippen molar-refractivity contribution in [1.82, 2.24) is 35.1 Å². The number of hydrogen-bond donors (Lipinski definition) is 2. The van der Waals surface area contributed by atoms with Gasteiger partial charge in [-0.15, -0.1) is 11.3 Å². The van der Waals surface area contributed by atoms with Gasteiger partial charge in [0.2, 0.25) is 0 Å². The molecule has 0 aromatic carbocycles. The van der Waals surface area contributed by atoms with Gasteiger partial charge in [-0.3, -0.25) is 15.1 Å². The number of nitrogens with one attached hydrogen (secondary N) is 2. The Morgan fingerprint density at radius 3 is 2.62 bits per heavy atom. The van der Waals surface area contributed by atoms with Gasteiger partial charge in [-0.2, -0.15) is 5.10 Å². The Morgan fingerprint density at radius 1 is 0.828 bits per heavy atom. The Morgan fingerprint density at radius 2 is 1.76 bits per heavy atom. The minimum atomic E-state index is 0.663. The number of imidazole rings is 1. The zero-order valence-corrected chi connectivity index (χ0v) is 15.8. The molecule has 0 radical (unpaired) electrons. The van der Waals surface area contributed by atoms with Crippen molar-refractivity contribution in [3.05, 3.63) is 66.6 Å². The lowest BCUT2D eigenvalue weighted by molar-refractivity contribution is 1.10. The number of H-pyrrole nitrogens is 2. The fourth-order valence-corrected chi connectivity index (χ4v) is 4.14. The molecule has 0 fully saturated rings. The highest BCUT2D eigenvalue weighted by Crippen LogP contribution is 2.32. The molecule has 0 bridgehead atoms. The van der Waals surface area contributed by atoms with Crippen LogP contribution in [-0.4, -0.2) is 35.1 Å². The Labute approximate surface area is 168 Å². The fourth-order valence-electron chi connectivity index (χ4n) is 3.40. The van der Waals surface area contributed by atoms with E-state index in [9.17, 15) is 0 Å². The Hall–Kier alpha value is -3.91. The van der Waals surface area contributed by atoms with Gasteiger partial charge in [0.1, 0.15) is 11.0 Å². The summed E-state index contributed by atoms with van der Waals surface area (Å²) in [6, 6.07) is 11.9. The van der Waals surface area contributed by atoms with Crippen molar-refractivity contribution in [3.8, 4) is 33.2 Å². The summed E-state index contributed by atoms with van der Waals surface area (Å²) in [5.41, 5.74) is 6.92. The maximum absolute atomic E-state index is 4.84. The van der Waals surface area contributed by atoms with Gasteiger partial charge in [0.05, 0.1) is 22.9 Å². The molecule has 6 aromatic heterocycles. The highest BCUT2D eigenvalue weighted by molar-refractivity contribution is 7.13. The number of aromatic amines is 2. The molecular weight excluding hydrogens is 382 g/mol. The van der Waals surface area contributed by atoms with Crippen LogP contribution in [0.5, 0.6) is 0 Å². The van der Waals surface area contributed by atoms with Crippen LogP contribution in [0.25, 0.3) is 55.3 Å². The van der Waals surface area contributed by atoms with Crippen molar-refractivity contribution < 1.29 is 0 Å². The zero-order valence-electron chi connectivity index (χ0n) is 15.0. The number of hydrogen-bond acceptors (Lipinski definition) is 6. The third-order valence-corrected chi connectivity index (χ3v) is 5.69. The third kappa shape index (κ3) is 2.61. The van der Waals surface area contributed by atoms with E-state index in [1.165, 1.54) is 0 Å². The van der Waals surface area contributed by atoms with E-state index in [4.69, 9.17) is 9.97 Å². The van der Waals surface area contributed by atoms with Crippen molar-refractivity contribution in [2.45, 2.75) is 0 Å². The van der Waals surface area contributed by atoms with E-state index in [-0.39, 0.29) is 0 Å². The molecule has 138 valence electrons. The maximum Gasteiger partial charge on any atom is 0.161 e. The maximum atomic E-state index is 4.84. The first-order valence-electron chi connectivity index (χ1n) is 9.00. The number of thiophene rings is 1. The summed E-state index contributed by atoms with van der Waals surface area (Å²) < 4.78 is 0. The molecule has 0 spiro atoms. The fraction of sp³-hybridized carbons (Fsp3) is 0. The molecule has 0 amide bonds. The monoisotopic (exact) mass is 395 g/mol. The Bertz CT molecular complexity index is 1450. The van der Waals surface area contributed by atoms with Crippen molar-refractivity contribution in [1.29, 1.82) is 0 Å². The average molecular weight is 395 g/mol. The van der Waals surface area contributed by atoms with Crippen LogP contribution >= 0.6 is 11.3 Å². The van der Waals surface area contributed by atoms with E-state index in [1.54, 1.807) is 29.9 Å². The van der Waals surface area contributed by atoms with Crippen LogP contribution in [0.1, 0.15) is 0 Å². The first kappa shape index (κ1) is 16.1. The second kappa shape index (κ2) is 6.32. The van der Waals surface area contributed by atoms with Crippen molar-refractivity contribution in [2.24, 2.45) is 0 Å². The molecule has 29 heavy (non-hydrogen) atoms. The van der Waals surface area contributed by atoms with Crippen molar-refractivity contribution in [3.63, 3.8) is 0 Å². The second-order valence-electron chi connectivity index (χ2n) is 6.55. The van der Waals surface area contributed by atoms with Crippen molar-refractivity contribution in [2.75, 3.05) is 0 Å². The molecule has 6 heterocycles. The van der Waals surface area contributed by atoms with Gasteiger partial charge in [0, 0.05) is 34.6 Å². The first-order valence-corrected chi connectivity index (χ1v) is 9.88. The standard InChI is InChI=1S/C21H13N7S/c1-2-17(29-9-1)13-10-23-11-16-18(13)26-21(25-16)20-19-15(27-28-20)4-3-14(24-19)12-5-7-22-8-6-12/h1-11H,(H,25,26)(H,27,28). The number of nitrogens with zero attached hydrogens (tertiary/aromatic N) is 5. The predicted molar refractivity (Wildman–Crippen MR) is 113 cm³/mol. The third-order valence-electron chi connectivity index (χ3n) is 4.79. The van der Waals surface area contributed by atoms with Gasteiger partial charge in [0.25, 0.3) is 0 Å². The number of aromatic nitrogens is 7. The zero-order chi connectivity index (χ0) is 19.2. The van der Waals surface area contributed by atoms with Gasteiger partial charge < -0.3 is 4.98 Å². The van der Waals surface area contributed by atoms with Gasteiger partial charge in [0.15, 0.2) is 11.5 Å². The van der Waals surface area contributed by atoms with Crippen LogP contribution in [0.4, 0.5) is 0 Å². The van der Waals surface area contributed by atoms with Crippen LogP contribution in [0.3, 0.4) is 0 Å². The molecule has 0 saturated heterocycles. The summed E-state index contributed by atoms with van der Waals surface area (Å²) in [6.45, 7) is 0. The summed E-state index contributed by atoms with van der Waals surface area (Å²) in [7, 11) is 0. The van der Waals surface area contributed by atoms with E-state index >= 15 is 0 Å². The SMILES string of the molecule is c1csc(-c2cncc3[nH]c(-c4n[nH]c5ccc(-c6ccncc6)nc45)nc23)c1. The molecule has 6 rings (SSSR count). The predicted octanol–water partition coefficient (Wildman–Crippen LogP) is 4.69. The van der Waals surface area contributed by atoms with Gasteiger partial charge in [-0.05, 0) is 35.7 Å². The molecule has 0 aliphatic carbocycles. The van der Waals surface area contributed by atoms with Crippen LogP contribution in [0.15, 0.2) is 66.6 Å². The first-order chi connectivity index (χ1) is 14.4. The van der Waals surface area contributed by atoms with E-state index in [2.05, 4.69) is 31.2 Å². The lowest BCUT2D eigenvalue weighted by Gasteiger charge is -2.00. The smallest absolute Gasteiger partial charge is 0.161 e. The number of pyridine rings is 3. The normalized spacial score (nSPS) is 11.4. The van der Waals surface area contributed by atoms with Gasteiger partial charge in [-0.25, -0.2) is 9.97 Å². The quantitative estimate of drug-likeness (QED) is 0.453. The molecular formula is C21H13N7S. The second-order valence-corrected chi connectivity index (χ2v) is 7.49. The summed E-state index contributed by atoms with van der Waals surface area (Å²) in [5.74, 6) is 0.663. The van der Waals surface area contributed by atoms with E-state index in [0.29, 0.717) is 11.5 Å². The van der Waals surface area contributed by atoms with Crippen LogP contribution in [0.2, 0.25) is 0 Å². The van der Waals surface area contributed by atoms with Crippen molar-refractivity contribution >= 4 is 33.4 Å². The molecule has 0 aliphatic rings. The van der Waals surface area contributed by atoms with Crippen LogP contribution in [0, 0.1) is 0 Å². The minimum absolute atomic E-state index is 0.663. The van der Waals surface area contributed by atoms with Gasteiger partial charge in [-0.1, -0.05) is 6.07 Å². The summed E-state index contributed by atoms with van der Waals surface area (Å²) in [6.07, 6.45) is 7.15. The molecule has 2 N–H and O–H groups in total. The molecule has 0 unspecified atom stereocenters. The van der Waals surface area contributed by atoms with E-state index < -0.39 is 0 Å². The van der Waals surface area contributed by atoms with Gasteiger partial charge >= 0.3 is 0 Å². The molecule has 0 aliphatic heterocycles. The molecule has 7 nitrogen and oxygen atoms in total. The lowest BCUT2D eigenvalue weighted by atomic mass is 10.1. The summed E-state index contributed by atoms with van der Waals surface area (Å²) in [4.78, 5) is 22.6. The lowest BCUT2D eigenvalue weighted by Crippen LogP contribution is -1.87. The number of rotatable bonds is 3. The highest BCUT2D eigenvalue weighted by atomic mass is 32.1. The number of fused-ring (bicyclic) bond motifs is 2. The Kier molecular flexibility index (Phi) is 3.50. The molecule has 0 saturated carbocycles. The van der Waals surface area contributed by atoms with E-state index in [1.807, 2.05) is 41.9 Å². The van der Waals surface area contributed by atoms with E-state index in [0.717, 1.165) is 43.8 Å². The molecule has 6 aromatic rings. The molecule has 8 heteroatoms. The topological polar surface area (TPSA) is 96.0 Å². The summed E-state index contributed by atoms with van der Waals surface area (Å²) in [5, 5.41) is 9.58. The average Bonchev–Trinajstić information content (AvgIpc) is 3.52. The van der Waals surface area contributed by atoms with Crippen LogP contribution < -0.4 is 0 Å². The Balaban J connectivity index is 1.53.